The molecule has 0 heterocycles. The Morgan fingerprint density at radius 3 is 2.21 bits per heavy atom. The minimum Gasteiger partial charge on any atom is -0.481 e. The van der Waals surface area contributed by atoms with E-state index in [4.69, 9.17) is 14.6 Å². The highest BCUT2D eigenvalue weighted by molar-refractivity contribution is 9.10. The van der Waals surface area contributed by atoms with Gasteiger partial charge in [-0.2, -0.15) is 0 Å². The van der Waals surface area contributed by atoms with Crippen molar-refractivity contribution in [3.63, 3.8) is 0 Å². The van der Waals surface area contributed by atoms with Gasteiger partial charge >= 0.3 is 17.9 Å². The van der Waals surface area contributed by atoms with Crippen molar-refractivity contribution >= 4 is 33.8 Å². The molecule has 1 aromatic rings. The lowest BCUT2D eigenvalue weighted by Crippen LogP contribution is -2.09. The quantitative estimate of drug-likeness (QED) is 0.670. The van der Waals surface area contributed by atoms with Gasteiger partial charge in [0.2, 0.25) is 0 Å². The molecule has 1 rings (SSSR count). The molecule has 0 spiro atoms. The van der Waals surface area contributed by atoms with E-state index in [2.05, 4.69) is 15.9 Å². The lowest BCUT2D eigenvalue weighted by molar-refractivity contribution is -0.136. The van der Waals surface area contributed by atoms with Crippen LogP contribution in [0, 0.1) is 0 Å². The van der Waals surface area contributed by atoms with Crippen LogP contribution in [0.1, 0.15) is 19.4 Å². The third-order valence-electron chi connectivity index (χ3n) is 1.98. The van der Waals surface area contributed by atoms with Crippen LogP contribution in [0.25, 0.3) is 0 Å². The third kappa shape index (κ3) is 4.36. The van der Waals surface area contributed by atoms with Crippen LogP contribution in [0.15, 0.2) is 16.6 Å². The number of aliphatic carboxylic acids is 1. The van der Waals surface area contributed by atoms with Gasteiger partial charge < -0.3 is 14.6 Å². The monoisotopic (exact) mass is 330 g/mol. The number of rotatable bonds is 4. The van der Waals surface area contributed by atoms with Gasteiger partial charge in [-0.15, -0.1) is 0 Å². The van der Waals surface area contributed by atoms with Gasteiger partial charge in [0.25, 0.3) is 0 Å². The second-order valence-electron chi connectivity index (χ2n) is 3.62. The van der Waals surface area contributed by atoms with Gasteiger partial charge in [0.15, 0.2) is 11.5 Å². The number of halogens is 1. The topological polar surface area (TPSA) is 89.9 Å². The fourth-order valence-corrected chi connectivity index (χ4v) is 1.90. The Hall–Kier alpha value is -1.89. The van der Waals surface area contributed by atoms with Crippen molar-refractivity contribution in [2.24, 2.45) is 0 Å². The Kier molecular flexibility index (Phi) is 5.05. The molecule has 0 fully saturated rings. The van der Waals surface area contributed by atoms with Crippen molar-refractivity contribution in [1.82, 2.24) is 0 Å². The lowest BCUT2D eigenvalue weighted by atomic mass is 10.1. The van der Waals surface area contributed by atoms with E-state index in [9.17, 15) is 14.4 Å². The largest absolute Gasteiger partial charge is 0.481 e. The molecule has 6 nitrogen and oxygen atoms in total. The highest BCUT2D eigenvalue weighted by Crippen LogP contribution is 2.38. The zero-order chi connectivity index (χ0) is 14.6. The zero-order valence-corrected chi connectivity index (χ0v) is 11.8. The number of carboxylic acids is 1. The van der Waals surface area contributed by atoms with Crippen molar-refractivity contribution in [2.75, 3.05) is 0 Å². The normalized spacial score (nSPS) is 9.84. The first-order valence-corrected chi connectivity index (χ1v) is 6.00. The van der Waals surface area contributed by atoms with E-state index in [-0.39, 0.29) is 22.4 Å². The zero-order valence-electron chi connectivity index (χ0n) is 10.2. The van der Waals surface area contributed by atoms with Crippen LogP contribution in [0.2, 0.25) is 0 Å². The molecule has 0 saturated heterocycles. The van der Waals surface area contributed by atoms with Gasteiger partial charge in [0.05, 0.1) is 10.9 Å². The molecular weight excluding hydrogens is 320 g/mol. The molecule has 0 aliphatic rings. The number of carbonyl (C=O) groups excluding carboxylic acids is 2. The third-order valence-corrected chi connectivity index (χ3v) is 2.85. The molecule has 0 saturated carbocycles. The summed E-state index contributed by atoms with van der Waals surface area (Å²) in [6.45, 7) is 2.39. The SMILES string of the molecule is CC(=O)Oc1ccc(CC(=O)O)c(Br)c1OC(C)=O. The molecule has 19 heavy (non-hydrogen) atoms. The Balaban J connectivity index is 3.26. The van der Waals surface area contributed by atoms with Gasteiger partial charge in [-0.1, -0.05) is 6.07 Å². The Morgan fingerprint density at radius 2 is 1.74 bits per heavy atom. The summed E-state index contributed by atoms with van der Waals surface area (Å²) in [5, 5.41) is 8.76. The predicted octanol–water partition coefficient (Wildman–Crippen LogP) is 1.93. The smallest absolute Gasteiger partial charge is 0.308 e. The molecule has 0 aromatic heterocycles. The number of ether oxygens (including phenoxy) is 2. The molecule has 0 atom stereocenters. The van der Waals surface area contributed by atoms with E-state index in [1.807, 2.05) is 0 Å². The molecule has 0 amide bonds. The summed E-state index contributed by atoms with van der Waals surface area (Å²) in [6.07, 6.45) is -0.255. The molecule has 0 bridgehead atoms. The second kappa shape index (κ2) is 6.33. The van der Waals surface area contributed by atoms with Crippen LogP contribution in [0.3, 0.4) is 0 Å². The molecule has 0 radical (unpaired) electrons. The van der Waals surface area contributed by atoms with E-state index in [1.165, 1.54) is 26.0 Å². The Bertz CT molecular complexity index is 537. The van der Waals surface area contributed by atoms with Gasteiger partial charge in [-0.3, -0.25) is 14.4 Å². The summed E-state index contributed by atoms with van der Waals surface area (Å²) in [5.74, 6) is -2.19. The molecule has 7 heteroatoms. The summed E-state index contributed by atoms with van der Waals surface area (Å²) in [7, 11) is 0. The van der Waals surface area contributed by atoms with E-state index in [1.54, 1.807) is 0 Å². The van der Waals surface area contributed by atoms with Gasteiger partial charge in [0.1, 0.15) is 0 Å². The van der Waals surface area contributed by atoms with E-state index in [0.29, 0.717) is 5.56 Å². The molecule has 0 unspecified atom stereocenters. The summed E-state index contributed by atoms with van der Waals surface area (Å²) in [5.41, 5.74) is 0.402. The Morgan fingerprint density at radius 1 is 1.16 bits per heavy atom. The molecule has 0 aliphatic carbocycles. The van der Waals surface area contributed by atoms with E-state index >= 15 is 0 Å². The minimum absolute atomic E-state index is 0.0125. The Labute approximate surface area is 117 Å². The number of carbonyl (C=O) groups is 3. The average molecular weight is 331 g/mol. The van der Waals surface area contributed by atoms with Crippen molar-refractivity contribution in [2.45, 2.75) is 20.3 Å². The maximum absolute atomic E-state index is 11.0. The van der Waals surface area contributed by atoms with Crippen molar-refractivity contribution < 1.29 is 29.0 Å². The molecular formula is C12H11BrO6. The summed E-state index contributed by atoms with van der Waals surface area (Å²) in [4.78, 5) is 32.7. The van der Waals surface area contributed by atoms with Crippen LogP contribution < -0.4 is 9.47 Å². The molecule has 0 aliphatic heterocycles. The van der Waals surface area contributed by atoms with Gasteiger partial charge in [-0.25, -0.2) is 0 Å². The van der Waals surface area contributed by atoms with Crippen LogP contribution in [-0.2, 0) is 20.8 Å². The first kappa shape index (κ1) is 15.2. The van der Waals surface area contributed by atoms with E-state index in [0.717, 1.165) is 0 Å². The average Bonchev–Trinajstić information content (AvgIpc) is 2.26. The van der Waals surface area contributed by atoms with Gasteiger partial charge in [-0.05, 0) is 27.6 Å². The van der Waals surface area contributed by atoms with E-state index < -0.39 is 17.9 Å². The van der Waals surface area contributed by atoms with Crippen LogP contribution >= 0.6 is 15.9 Å². The van der Waals surface area contributed by atoms with Gasteiger partial charge in [0, 0.05) is 13.8 Å². The minimum atomic E-state index is -1.03. The maximum atomic E-state index is 11.0. The number of carboxylic acid groups (broad SMARTS) is 1. The summed E-state index contributed by atoms with van der Waals surface area (Å²) < 4.78 is 10.1. The number of hydrogen-bond acceptors (Lipinski definition) is 5. The standard InChI is InChI=1S/C12H11BrO6/c1-6(14)18-9-4-3-8(5-10(16)17)11(13)12(9)19-7(2)15/h3-4H,5H2,1-2H3,(H,16,17). The molecule has 102 valence electrons. The maximum Gasteiger partial charge on any atom is 0.308 e. The van der Waals surface area contributed by atoms with Crippen LogP contribution in [0.5, 0.6) is 11.5 Å². The van der Waals surface area contributed by atoms with Crippen molar-refractivity contribution in [3.05, 3.63) is 22.2 Å². The fourth-order valence-electron chi connectivity index (χ4n) is 1.35. The number of benzene rings is 1. The highest BCUT2D eigenvalue weighted by Gasteiger charge is 2.18. The van der Waals surface area contributed by atoms with Crippen molar-refractivity contribution in [3.8, 4) is 11.5 Å². The summed E-state index contributed by atoms with van der Waals surface area (Å²) >= 11 is 3.15. The second-order valence-corrected chi connectivity index (χ2v) is 4.42. The number of esters is 2. The highest BCUT2D eigenvalue weighted by atomic mass is 79.9. The first-order chi connectivity index (χ1) is 8.81. The molecule has 1 N–H and O–H groups in total. The van der Waals surface area contributed by atoms with Crippen LogP contribution in [0.4, 0.5) is 0 Å². The van der Waals surface area contributed by atoms with Crippen LogP contribution in [-0.4, -0.2) is 23.0 Å². The first-order valence-electron chi connectivity index (χ1n) is 5.21. The molecule has 1 aromatic carbocycles. The predicted molar refractivity (Wildman–Crippen MR) is 68.1 cm³/mol. The fraction of sp³-hybridized carbons (Fsp3) is 0.250. The summed E-state index contributed by atoms with van der Waals surface area (Å²) in [6, 6.07) is 2.85. The van der Waals surface area contributed by atoms with Crippen molar-refractivity contribution in [1.29, 1.82) is 0 Å². The number of hydrogen-bond donors (Lipinski definition) is 1. The lowest BCUT2D eigenvalue weighted by Gasteiger charge is -2.12.